The molecule has 3 nitrogen and oxygen atoms in total. The number of Topliss-reactive ketones (excluding diaryl/α,β-unsaturated/α-hetero) is 1. The van der Waals surface area contributed by atoms with Gasteiger partial charge in [-0.15, -0.1) is 0 Å². The summed E-state index contributed by atoms with van der Waals surface area (Å²) in [7, 11) is 0. The Balaban J connectivity index is 1.71. The Hall–Kier alpha value is -2.16. The summed E-state index contributed by atoms with van der Waals surface area (Å²) in [6.07, 6.45) is 4.22. The minimum atomic E-state index is -0.0163. The average molecular weight is 280 g/mol. The Morgan fingerprint density at radius 2 is 2.10 bits per heavy atom. The highest BCUT2D eigenvalue weighted by Gasteiger charge is 2.30. The van der Waals surface area contributed by atoms with Gasteiger partial charge >= 0.3 is 0 Å². The maximum Gasteiger partial charge on any atom is 0.142 e. The smallest absolute Gasteiger partial charge is 0.142 e. The van der Waals surface area contributed by atoms with Crippen molar-refractivity contribution in [1.29, 1.82) is 0 Å². The molecule has 21 heavy (non-hydrogen) atoms. The van der Waals surface area contributed by atoms with Crippen molar-refractivity contribution in [2.24, 2.45) is 0 Å². The SMILES string of the molecule is CC(CC(=O)C1CCc2cccnc21)c1ccc(N)cc1. The fraction of sp³-hybridized carbons (Fsp3) is 0.333. The Kier molecular flexibility index (Phi) is 3.74. The Morgan fingerprint density at radius 1 is 1.33 bits per heavy atom. The van der Waals surface area contributed by atoms with E-state index in [1.54, 1.807) is 6.20 Å². The number of carbonyl (C=O) groups is 1. The molecular weight excluding hydrogens is 260 g/mol. The van der Waals surface area contributed by atoms with Gasteiger partial charge in [-0.25, -0.2) is 0 Å². The summed E-state index contributed by atoms with van der Waals surface area (Å²) in [6.45, 7) is 2.09. The van der Waals surface area contributed by atoms with E-state index in [1.165, 1.54) is 5.56 Å². The van der Waals surface area contributed by atoms with Gasteiger partial charge in [-0.1, -0.05) is 25.1 Å². The van der Waals surface area contributed by atoms with E-state index in [2.05, 4.69) is 18.0 Å². The van der Waals surface area contributed by atoms with Crippen molar-refractivity contribution in [2.75, 3.05) is 5.73 Å². The third kappa shape index (κ3) is 2.82. The lowest BCUT2D eigenvalue weighted by Crippen LogP contribution is -2.13. The van der Waals surface area contributed by atoms with Crippen LogP contribution in [0.1, 0.15) is 48.4 Å². The number of pyridine rings is 1. The molecule has 2 atom stereocenters. The van der Waals surface area contributed by atoms with Crippen molar-refractivity contribution in [3.63, 3.8) is 0 Å². The molecule has 108 valence electrons. The van der Waals surface area contributed by atoms with Crippen LogP contribution in [0.5, 0.6) is 0 Å². The highest BCUT2D eigenvalue weighted by atomic mass is 16.1. The summed E-state index contributed by atoms with van der Waals surface area (Å²) in [4.78, 5) is 17.0. The van der Waals surface area contributed by atoms with Gasteiger partial charge in [0.15, 0.2) is 0 Å². The number of rotatable bonds is 4. The molecule has 0 spiro atoms. The average Bonchev–Trinajstić information content (AvgIpc) is 2.92. The number of aromatic nitrogens is 1. The predicted octanol–water partition coefficient (Wildman–Crippen LogP) is 3.46. The maximum absolute atomic E-state index is 12.6. The van der Waals surface area contributed by atoms with Crippen LogP contribution in [0.4, 0.5) is 5.69 Å². The molecule has 0 aliphatic heterocycles. The van der Waals surface area contributed by atoms with Gasteiger partial charge in [-0.3, -0.25) is 9.78 Å². The molecule has 2 aromatic rings. The second-order valence-electron chi connectivity index (χ2n) is 5.88. The first-order chi connectivity index (χ1) is 10.1. The zero-order chi connectivity index (χ0) is 14.8. The van der Waals surface area contributed by atoms with E-state index >= 15 is 0 Å². The second kappa shape index (κ2) is 5.68. The monoisotopic (exact) mass is 280 g/mol. The van der Waals surface area contributed by atoms with Crippen LogP contribution < -0.4 is 5.73 Å². The van der Waals surface area contributed by atoms with Crippen molar-refractivity contribution >= 4 is 11.5 Å². The lowest BCUT2D eigenvalue weighted by atomic mass is 9.89. The molecule has 1 heterocycles. The van der Waals surface area contributed by atoms with E-state index < -0.39 is 0 Å². The van der Waals surface area contributed by atoms with Crippen LogP contribution in [0.25, 0.3) is 0 Å². The lowest BCUT2D eigenvalue weighted by molar-refractivity contribution is -0.120. The molecule has 2 unspecified atom stereocenters. The molecule has 0 bridgehead atoms. The molecule has 2 N–H and O–H groups in total. The molecule has 3 rings (SSSR count). The molecule has 1 aliphatic rings. The van der Waals surface area contributed by atoms with E-state index in [0.29, 0.717) is 12.2 Å². The van der Waals surface area contributed by atoms with Crippen LogP contribution in [0.3, 0.4) is 0 Å². The van der Waals surface area contributed by atoms with Crippen LogP contribution >= 0.6 is 0 Å². The quantitative estimate of drug-likeness (QED) is 0.873. The van der Waals surface area contributed by atoms with Gasteiger partial charge in [-0.2, -0.15) is 0 Å². The minimum absolute atomic E-state index is 0.0163. The van der Waals surface area contributed by atoms with Gasteiger partial charge in [0.1, 0.15) is 5.78 Å². The van der Waals surface area contributed by atoms with E-state index in [1.807, 2.05) is 30.3 Å². The first-order valence-corrected chi connectivity index (χ1v) is 7.47. The third-order valence-electron chi connectivity index (χ3n) is 4.36. The van der Waals surface area contributed by atoms with Crippen molar-refractivity contribution in [2.45, 2.75) is 38.0 Å². The van der Waals surface area contributed by atoms with Crippen LogP contribution in [-0.4, -0.2) is 10.8 Å². The first kappa shape index (κ1) is 13.8. The molecule has 1 aromatic heterocycles. The van der Waals surface area contributed by atoms with Crippen molar-refractivity contribution in [1.82, 2.24) is 4.98 Å². The number of fused-ring (bicyclic) bond motifs is 1. The highest BCUT2D eigenvalue weighted by molar-refractivity contribution is 5.87. The number of carbonyl (C=O) groups excluding carboxylic acids is 1. The summed E-state index contributed by atoms with van der Waals surface area (Å²) >= 11 is 0. The van der Waals surface area contributed by atoms with Crippen LogP contribution in [0.15, 0.2) is 42.6 Å². The molecule has 0 amide bonds. The summed E-state index contributed by atoms with van der Waals surface area (Å²) in [5.74, 6) is 0.500. The van der Waals surface area contributed by atoms with Gasteiger partial charge in [0.2, 0.25) is 0 Å². The molecule has 0 saturated heterocycles. The predicted molar refractivity (Wildman–Crippen MR) is 84.2 cm³/mol. The second-order valence-corrected chi connectivity index (χ2v) is 5.88. The number of nitrogen functional groups attached to an aromatic ring is 1. The molecular formula is C18H20N2O. The molecule has 0 radical (unpaired) electrons. The summed E-state index contributed by atoms with van der Waals surface area (Å²) < 4.78 is 0. The number of benzene rings is 1. The molecule has 1 aromatic carbocycles. The summed E-state index contributed by atoms with van der Waals surface area (Å²) in [5.41, 5.74) is 9.85. The molecule has 0 fully saturated rings. The largest absolute Gasteiger partial charge is 0.399 e. The van der Waals surface area contributed by atoms with Crippen LogP contribution in [-0.2, 0) is 11.2 Å². The summed E-state index contributed by atoms with van der Waals surface area (Å²) in [5, 5.41) is 0. The zero-order valence-electron chi connectivity index (χ0n) is 12.3. The molecule has 0 saturated carbocycles. The lowest BCUT2D eigenvalue weighted by Gasteiger charge is -2.15. The van der Waals surface area contributed by atoms with Gasteiger partial charge in [0.25, 0.3) is 0 Å². The third-order valence-corrected chi connectivity index (χ3v) is 4.36. The Morgan fingerprint density at radius 3 is 2.86 bits per heavy atom. The van der Waals surface area contributed by atoms with E-state index in [0.717, 1.165) is 29.8 Å². The van der Waals surface area contributed by atoms with E-state index in [9.17, 15) is 4.79 Å². The van der Waals surface area contributed by atoms with Gasteiger partial charge < -0.3 is 5.73 Å². The van der Waals surface area contributed by atoms with Gasteiger partial charge in [-0.05, 0) is 48.1 Å². The van der Waals surface area contributed by atoms with Crippen molar-refractivity contribution < 1.29 is 4.79 Å². The fourth-order valence-corrected chi connectivity index (χ4v) is 3.11. The normalized spacial score (nSPS) is 18.2. The maximum atomic E-state index is 12.6. The number of nitrogens with zero attached hydrogens (tertiary/aromatic N) is 1. The number of aryl methyl sites for hydroxylation is 1. The number of ketones is 1. The van der Waals surface area contributed by atoms with E-state index in [-0.39, 0.29) is 11.8 Å². The summed E-state index contributed by atoms with van der Waals surface area (Å²) in [6, 6.07) is 11.8. The first-order valence-electron chi connectivity index (χ1n) is 7.47. The fourth-order valence-electron chi connectivity index (χ4n) is 3.11. The number of nitrogens with two attached hydrogens (primary N) is 1. The standard InChI is InChI=1S/C18H20N2O/c1-12(13-4-7-15(19)8-5-13)11-17(21)16-9-6-14-3-2-10-20-18(14)16/h2-5,7-8,10,12,16H,6,9,11,19H2,1H3. The molecule has 3 heteroatoms. The van der Waals surface area contributed by atoms with Crippen molar-refractivity contribution in [3.05, 3.63) is 59.4 Å². The Labute approximate surface area is 125 Å². The number of hydrogen-bond donors (Lipinski definition) is 1. The van der Waals surface area contributed by atoms with Crippen LogP contribution in [0, 0.1) is 0 Å². The number of hydrogen-bond acceptors (Lipinski definition) is 3. The molecule has 1 aliphatic carbocycles. The highest BCUT2D eigenvalue weighted by Crippen LogP contribution is 2.34. The van der Waals surface area contributed by atoms with E-state index in [4.69, 9.17) is 5.73 Å². The van der Waals surface area contributed by atoms with Gasteiger partial charge in [0, 0.05) is 18.3 Å². The zero-order valence-corrected chi connectivity index (χ0v) is 12.3. The Bertz CT molecular complexity index is 649. The van der Waals surface area contributed by atoms with Crippen LogP contribution in [0.2, 0.25) is 0 Å². The topological polar surface area (TPSA) is 56.0 Å². The van der Waals surface area contributed by atoms with Gasteiger partial charge in [0.05, 0.1) is 11.6 Å². The number of anilines is 1. The minimum Gasteiger partial charge on any atom is -0.399 e. The van der Waals surface area contributed by atoms with Crippen molar-refractivity contribution in [3.8, 4) is 0 Å².